The molecule has 0 radical (unpaired) electrons. The topological polar surface area (TPSA) is 63.4 Å². The first kappa shape index (κ1) is 13.7. The quantitative estimate of drug-likeness (QED) is 0.643. The van der Waals surface area contributed by atoms with Crippen LogP contribution in [0.25, 0.3) is 0 Å². The van der Waals surface area contributed by atoms with Gasteiger partial charge in [0.25, 0.3) is 0 Å². The first-order valence-corrected chi connectivity index (χ1v) is 6.84. The highest BCUT2D eigenvalue weighted by Gasteiger charge is 2.22. The highest BCUT2D eigenvalue weighted by molar-refractivity contribution is 7.89. The van der Waals surface area contributed by atoms with Crippen LogP contribution in [0.1, 0.15) is 12.5 Å². The van der Waals surface area contributed by atoms with Gasteiger partial charge in [-0.25, -0.2) is 8.42 Å². The van der Waals surface area contributed by atoms with Crippen LogP contribution in [0.4, 0.5) is 5.69 Å². The van der Waals surface area contributed by atoms with Gasteiger partial charge >= 0.3 is 0 Å². The summed E-state index contributed by atoms with van der Waals surface area (Å²) in [6, 6.07) is 4.84. The third-order valence-corrected chi connectivity index (χ3v) is 4.31. The zero-order valence-corrected chi connectivity index (χ0v) is 11.0. The lowest BCUT2D eigenvalue weighted by Crippen LogP contribution is -2.31. The molecule has 1 rings (SSSR count). The van der Waals surface area contributed by atoms with Gasteiger partial charge in [-0.05, 0) is 30.7 Å². The fourth-order valence-electron chi connectivity index (χ4n) is 1.62. The standard InChI is InChI=1S/C12H18N2O2S/c1-4-6-14(5-2)17(15,16)12-8-10(3)7-11(13)9-12/h4,7-9H,1,5-6,13H2,2-3H3. The van der Waals surface area contributed by atoms with Crippen molar-refractivity contribution in [3.05, 3.63) is 36.4 Å². The molecule has 0 amide bonds. The number of nitrogens with two attached hydrogens (primary N) is 1. The number of hydrogen-bond acceptors (Lipinski definition) is 3. The van der Waals surface area contributed by atoms with Crippen LogP contribution in [0.5, 0.6) is 0 Å². The summed E-state index contributed by atoms with van der Waals surface area (Å²) in [5.74, 6) is 0. The van der Waals surface area contributed by atoms with Crippen LogP contribution in [0.3, 0.4) is 0 Å². The van der Waals surface area contributed by atoms with Crippen molar-refractivity contribution in [3.63, 3.8) is 0 Å². The summed E-state index contributed by atoms with van der Waals surface area (Å²) in [6.07, 6.45) is 1.57. The SMILES string of the molecule is C=CCN(CC)S(=O)(=O)c1cc(C)cc(N)c1. The molecule has 0 saturated heterocycles. The van der Waals surface area contributed by atoms with E-state index in [2.05, 4.69) is 6.58 Å². The van der Waals surface area contributed by atoms with Crippen LogP contribution >= 0.6 is 0 Å². The molecule has 1 aromatic carbocycles. The minimum absolute atomic E-state index is 0.235. The Labute approximate surface area is 103 Å². The van der Waals surface area contributed by atoms with Crippen LogP contribution in [0.15, 0.2) is 35.7 Å². The summed E-state index contributed by atoms with van der Waals surface area (Å²) in [5.41, 5.74) is 6.96. The maximum Gasteiger partial charge on any atom is 0.243 e. The van der Waals surface area contributed by atoms with E-state index in [0.29, 0.717) is 18.8 Å². The first-order valence-electron chi connectivity index (χ1n) is 5.40. The molecule has 17 heavy (non-hydrogen) atoms. The summed E-state index contributed by atoms with van der Waals surface area (Å²) in [6.45, 7) is 7.87. The second-order valence-corrected chi connectivity index (χ2v) is 5.76. The molecule has 94 valence electrons. The lowest BCUT2D eigenvalue weighted by atomic mass is 10.2. The number of rotatable bonds is 5. The zero-order chi connectivity index (χ0) is 13.1. The monoisotopic (exact) mass is 254 g/mol. The van der Waals surface area contributed by atoms with Crippen molar-refractivity contribution in [2.24, 2.45) is 0 Å². The molecular formula is C12H18N2O2S. The Bertz CT molecular complexity index is 489. The first-order chi connectivity index (χ1) is 7.91. The summed E-state index contributed by atoms with van der Waals surface area (Å²) in [4.78, 5) is 0.235. The maximum absolute atomic E-state index is 12.3. The lowest BCUT2D eigenvalue weighted by molar-refractivity contribution is 0.460. The average Bonchev–Trinajstić information content (AvgIpc) is 2.24. The fourth-order valence-corrected chi connectivity index (χ4v) is 3.18. The van der Waals surface area contributed by atoms with Gasteiger partial charge in [-0.15, -0.1) is 6.58 Å². The van der Waals surface area contributed by atoms with Crippen molar-refractivity contribution in [2.45, 2.75) is 18.7 Å². The zero-order valence-electron chi connectivity index (χ0n) is 10.2. The van der Waals surface area contributed by atoms with Crippen molar-refractivity contribution in [2.75, 3.05) is 18.8 Å². The van der Waals surface area contributed by atoms with Crippen LogP contribution in [-0.4, -0.2) is 25.8 Å². The van der Waals surface area contributed by atoms with Crippen LogP contribution in [-0.2, 0) is 10.0 Å². The van der Waals surface area contributed by atoms with E-state index in [1.165, 1.54) is 10.4 Å². The normalized spacial score (nSPS) is 11.7. The number of nitrogen functional groups attached to an aromatic ring is 1. The number of sulfonamides is 1. The molecule has 0 saturated carbocycles. The molecule has 5 heteroatoms. The smallest absolute Gasteiger partial charge is 0.243 e. The Hall–Kier alpha value is -1.33. The van der Waals surface area contributed by atoms with Crippen molar-refractivity contribution in [1.82, 2.24) is 4.31 Å². The molecule has 4 nitrogen and oxygen atoms in total. The average molecular weight is 254 g/mol. The van der Waals surface area contributed by atoms with Gasteiger partial charge in [-0.3, -0.25) is 0 Å². The molecule has 0 aliphatic heterocycles. The maximum atomic E-state index is 12.3. The Morgan fingerprint density at radius 2 is 2.06 bits per heavy atom. The minimum atomic E-state index is -3.48. The van der Waals surface area contributed by atoms with Crippen molar-refractivity contribution in [3.8, 4) is 0 Å². The number of hydrogen-bond donors (Lipinski definition) is 1. The molecule has 0 spiro atoms. The van der Waals surface area contributed by atoms with Gasteiger partial charge in [0.15, 0.2) is 0 Å². The molecule has 0 fully saturated rings. The number of aryl methyl sites for hydroxylation is 1. The van der Waals surface area contributed by atoms with E-state index in [4.69, 9.17) is 5.73 Å². The van der Waals surface area contributed by atoms with Gasteiger partial charge < -0.3 is 5.73 Å². The summed E-state index contributed by atoms with van der Waals surface area (Å²) < 4.78 is 25.9. The van der Waals surface area contributed by atoms with Crippen molar-refractivity contribution >= 4 is 15.7 Å². The second-order valence-electron chi connectivity index (χ2n) is 3.82. The predicted octanol–water partition coefficient (Wildman–Crippen LogP) is 1.77. The van der Waals surface area contributed by atoms with Gasteiger partial charge in [0.2, 0.25) is 10.0 Å². The Kier molecular flexibility index (Phi) is 4.31. The van der Waals surface area contributed by atoms with Gasteiger partial charge in [-0.1, -0.05) is 13.0 Å². The van der Waals surface area contributed by atoms with E-state index in [9.17, 15) is 8.42 Å². The van der Waals surface area contributed by atoms with E-state index in [0.717, 1.165) is 5.56 Å². The van der Waals surface area contributed by atoms with E-state index in [-0.39, 0.29) is 4.90 Å². The van der Waals surface area contributed by atoms with Gasteiger partial charge in [0.1, 0.15) is 0 Å². The van der Waals surface area contributed by atoms with E-state index >= 15 is 0 Å². The van der Waals surface area contributed by atoms with Crippen LogP contribution < -0.4 is 5.73 Å². The third kappa shape index (κ3) is 3.08. The molecular weight excluding hydrogens is 236 g/mol. The predicted molar refractivity (Wildman–Crippen MR) is 70.2 cm³/mol. The van der Waals surface area contributed by atoms with E-state index in [1.54, 1.807) is 25.1 Å². The molecule has 0 aromatic heterocycles. The Morgan fingerprint density at radius 3 is 2.53 bits per heavy atom. The van der Waals surface area contributed by atoms with E-state index < -0.39 is 10.0 Å². The summed E-state index contributed by atoms with van der Waals surface area (Å²) in [7, 11) is -3.48. The van der Waals surface area contributed by atoms with Gasteiger partial charge in [0.05, 0.1) is 4.90 Å². The summed E-state index contributed by atoms with van der Waals surface area (Å²) >= 11 is 0. The number of likely N-dealkylation sites (N-methyl/N-ethyl adjacent to an activating group) is 1. The molecule has 0 heterocycles. The highest BCUT2D eigenvalue weighted by Crippen LogP contribution is 2.20. The summed E-state index contributed by atoms with van der Waals surface area (Å²) in [5, 5.41) is 0. The fraction of sp³-hybridized carbons (Fsp3) is 0.333. The molecule has 0 bridgehead atoms. The second kappa shape index (κ2) is 5.33. The third-order valence-electron chi connectivity index (χ3n) is 2.40. The van der Waals surface area contributed by atoms with Gasteiger partial charge in [-0.2, -0.15) is 4.31 Å². The van der Waals surface area contributed by atoms with Crippen molar-refractivity contribution in [1.29, 1.82) is 0 Å². The molecule has 1 aromatic rings. The molecule has 0 unspecified atom stereocenters. The Balaban J connectivity index is 3.24. The van der Waals surface area contributed by atoms with Crippen LogP contribution in [0, 0.1) is 6.92 Å². The van der Waals surface area contributed by atoms with E-state index in [1.807, 2.05) is 6.92 Å². The highest BCUT2D eigenvalue weighted by atomic mass is 32.2. The van der Waals surface area contributed by atoms with Gasteiger partial charge in [0, 0.05) is 18.8 Å². The lowest BCUT2D eigenvalue weighted by Gasteiger charge is -2.19. The molecule has 2 N–H and O–H groups in total. The molecule has 0 atom stereocenters. The largest absolute Gasteiger partial charge is 0.399 e. The minimum Gasteiger partial charge on any atom is -0.399 e. The number of benzene rings is 1. The Morgan fingerprint density at radius 1 is 1.41 bits per heavy atom. The van der Waals surface area contributed by atoms with Crippen molar-refractivity contribution < 1.29 is 8.42 Å². The number of nitrogens with zero attached hydrogens (tertiary/aromatic N) is 1. The molecule has 0 aliphatic rings. The molecule has 0 aliphatic carbocycles. The van der Waals surface area contributed by atoms with Crippen LogP contribution in [0.2, 0.25) is 0 Å². The number of anilines is 1.